The average molecular weight is 309 g/mol. The van der Waals surface area contributed by atoms with E-state index in [0.29, 0.717) is 6.54 Å². The minimum atomic E-state index is -0.402. The Bertz CT molecular complexity index is 722. The molecule has 0 bridgehead atoms. The average Bonchev–Trinajstić information content (AvgIpc) is 2.51. The Balaban J connectivity index is 2.02. The molecular formula is C19H23N3O. The largest absolute Gasteiger partial charge is 0.359 e. The maximum absolute atomic E-state index is 11.8. The molecule has 2 amide bonds. The Morgan fingerprint density at radius 1 is 1.09 bits per heavy atom. The summed E-state index contributed by atoms with van der Waals surface area (Å²) in [6, 6.07) is 16.1. The molecule has 0 radical (unpaired) electrons. The van der Waals surface area contributed by atoms with Crippen molar-refractivity contribution in [3.05, 3.63) is 59.7 Å². The summed E-state index contributed by atoms with van der Waals surface area (Å²) >= 11 is 0. The van der Waals surface area contributed by atoms with Crippen LogP contribution in [0.25, 0.3) is 0 Å². The van der Waals surface area contributed by atoms with E-state index in [1.807, 2.05) is 18.2 Å². The van der Waals surface area contributed by atoms with E-state index in [-0.39, 0.29) is 5.54 Å². The van der Waals surface area contributed by atoms with Crippen molar-refractivity contribution in [1.82, 2.24) is 0 Å². The molecule has 0 aromatic heterocycles. The summed E-state index contributed by atoms with van der Waals surface area (Å²) < 4.78 is 0. The summed E-state index contributed by atoms with van der Waals surface area (Å²) in [5, 5.41) is 0. The number of amides is 2. The van der Waals surface area contributed by atoms with E-state index in [4.69, 9.17) is 5.73 Å². The zero-order valence-corrected chi connectivity index (χ0v) is 13.9. The number of para-hydroxylation sites is 2. The Labute approximate surface area is 137 Å². The number of anilines is 2. The fourth-order valence-corrected chi connectivity index (χ4v) is 3.18. The lowest BCUT2D eigenvalue weighted by Gasteiger charge is -2.48. The minimum Gasteiger partial charge on any atom is -0.359 e. The summed E-state index contributed by atoms with van der Waals surface area (Å²) in [4.78, 5) is 15.9. The van der Waals surface area contributed by atoms with Crippen LogP contribution in [0.15, 0.2) is 48.5 Å². The Morgan fingerprint density at radius 2 is 1.70 bits per heavy atom. The van der Waals surface area contributed by atoms with Crippen molar-refractivity contribution in [2.24, 2.45) is 5.73 Å². The third-order valence-corrected chi connectivity index (χ3v) is 4.47. The van der Waals surface area contributed by atoms with E-state index in [0.717, 1.165) is 17.9 Å². The molecular weight excluding hydrogens is 286 g/mol. The van der Waals surface area contributed by atoms with Crippen molar-refractivity contribution < 1.29 is 4.79 Å². The molecule has 3 rings (SSSR count). The van der Waals surface area contributed by atoms with E-state index in [9.17, 15) is 4.79 Å². The van der Waals surface area contributed by atoms with Gasteiger partial charge in [0.15, 0.2) is 0 Å². The van der Waals surface area contributed by atoms with Gasteiger partial charge in [-0.2, -0.15) is 0 Å². The van der Waals surface area contributed by atoms with Gasteiger partial charge in [-0.25, -0.2) is 4.79 Å². The molecule has 2 aromatic rings. The fraction of sp³-hybridized carbons (Fsp3) is 0.316. The number of benzene rings is 2. The van der Waals surface area contributed by atoms with Crippen LogP contribution < -0.4 is 15.5 Å². The van der Waals surface area contributed by atoms with Gasteiger partial charge in [-0.3, -0.25) is 4.90 Å². The van der Waals surface area contributed by atoms with Crippen LogP contribution in [-0.4, -0.2) is 18.1 Å². The molecule has 2 aromatic carbocycles. The van der Waals surface area contributed by atoms with Gasteiger partial charge < -0.3 is 10.6 Å². The molecule has 0 fully saturated rings. The summed E-state index contributed by atoms with van der Waals surface area (Å²) in [5.41, 5.74) is 9.82. The van der Waals surface area contributed by atoms with Gasteiger partial charge in [0, 0.05) is 6.54 Å². The number of carbonyl (C=O) groups is 1. The van der Waals surface area contributed by atoms with Crippen LogP contribution in [0.3, 0.4) is 0 Å². The van der Waals surface area contributed by atoms with Crippen molar-refractivity contribution in [2.45, 2.75) is 32.9 Å². The second-order valence-corrected chi connectivity index (χ2v) is 6.80. The SMILES string of the molecule is Cc1ccc(CN2c3ccccc3N(C(N)=O)CC2(C)C)cc1. The lowest BCUT2D eigenvalue weighted by molar-refractivity contribution is 0.251. The molecule has 4 heteroatoms. The molecule has 2 N–H and O–H groups in total. The van der Waals surface area contributed by atoms with Gasteiger partial charge in [-0.05, 0) is 38.5 Å². The molecule has 0 aliphatic carbocycles. The smallest absolute Gasteiger partial charge is 0.319 e. The van der Waals surface area contributed by atoms with Gasteiger partial charge in [0.2, 0.25) is 0 Å². The molecule has 1 aliphatic rings. The topological polar surface area (TPSA) is 49.6 Å². The molecule has 1 heterocycles. The van der Waals surface area contributed by atoms with E-state index in [1.54, 1.807) is 4.90 Å². The van der Waals surface area contributed by atoms with Crippen molar-refractivity contribution in [2.75, 3.05) is 16.3 Å². The van der Waals surface area contributed by atoms with Crippen LogP contribution in [0.2, 0.25) is 0 Å². The lowest BCUT2D eigenvalue weighted by Crippen LogP contribution is -2.58. The molecule has 23 heavy (non-hydrogen) atoms. The molecule has 0 unspecified atom stereocenters. The predicted octanol–water partition coefficient (Wildman–Crippen LogP) is 3.68. The third-order valence-electron chi connectivity index (χ3n) is 4.47. The maximum atomic E-state index is 11.8. The van der Waals surface area contributed by atoms with Crippen molar-refractivity contribution in [3.63, 3.8) is 0 Å². The van der Waals surface area contributed by atoms with Gasteiger partial charge in [0.05, 0.1) is 23.5 Å². The number of urea groups is 1. The number of primary amides is 1. The highest BCUT2D eigenvalue weighted by molar-refractivity contribution is 5.96. The van der Waals surface area contributed by atoms with E-state index in [2.05, 4.69) is 56.0 Å². The quantitative estimate of drug-likeness (QED) is 0.920. The first-order chi connectivity index (χ1) is 10.9. The highest BCUT2D eigenvalue weighted by Crippen LogP contribution is 2.40. The minimum absolute atomic E-state index is 0.200. The van der Waals surface area contributed by atoms with Crippen molar-refractivity contribution in [3.8, 4) is 0 Å². The summed E-state index contributed by atoms with van der Waals surface area (Å²) in [6.45, 7) is 7.76. The van der Waals surface area contributed by atoms with Crippen LogP contribution >= 0.6 is 0 Å². The zero-order chi connectivity index (χ0) is 16.6. The summed E-state index contributed by atoms with van der Waals surface area (Å²) in [6.07, 6.45) is 0. The van der Waals surface area contributed by atoms with E-state index < -0.39 is 6.03 Å². The first kappa shape index (κ1) is 15.4. The van der Waals surface area contributed by atoms with E-state index >= 15 is 0 Å². The van der Waals surface area contributed by atoms with Crippen LogP contribution in [0.1, 0.15) is 25.0 Å². The number of hydrogen-bond acceptors (Lipinski definition) is 2. The van der Waals surface area contributed by atoms with Gasteiger partial charge in [-0.1, -0.05) is 42.0 Å². The van der Waals surface area contributed by atoms with Crippen LogP contribution in [0, 0.1) is 6.92 Å². The maximum Gasteiger partial charge on any atom is 0.319 e. The molecule has 0 saturated carbocycles. The number of fused-ring (bicyclic) bond motifs is 1. The van der Waals surface area contributed by atoms with Gasteiger partial charge in [0.25, 0.3) is 0 Å². The van der Waals surface area contributed by atoms with Crippen LogP contribution in [0.4, 0.5) is 16.2 Å². The van der Waals surface area contributed by atoms with Crippen molar-refractivity contribution >= 4 is 17.4 Å². The summed E-state index contributed by atoms with van der Waals surface area (Å²) in [5.74, 6) is 0. The monoisotopic (exact) mass is 309 g/mol. The highest BCUT2D eigenvalue weighted by Gasteiger charge is 2.38. The molecule has 4 nitrogen and oxygen atoms in total. The third kappa shape index (κ3) is 2.89. The molecule has 0 spiro atoms. The Kier molecular flexibility index (Phi) is 3.76. The standard InChI is InChI=1S/C19H23N3O/c1-14-8-10-15(11-9-14)12-22-17-7-5-4-6-16(17)21(18(20)23)13-19(22,2)3/h4-11H,12-13H2,1-3H3,(H2,20,23). The number of carbonyl (C=O) groups excluding carboxylic acids is 1. The van der Waals surface area contributed by atoms with Crippen LogP contribution in [0.5, 0.6) is 0 Å². The zero-order valence-electron chi connectivity index (χ0n) is 13.9. The number of nitrogens with zero attached hydrogens (tertiary/aromatic N) is 2. The molecule has 1 aliphatic heterocycles. The van der Waals surface area contributed by atoms with Crippen LogP contribution in [-0.2, 0) is 6.54 Å². The Hall–Kier alpha value is -2.49. The molecule has 120 valence electrons. The number of hydrogen-bond donors (Lipinski definition) is 1. The van der Waals surface area contributed by atoms with Gasteiger partial charge in [-0.15, -0.1) is 0 Å². The first-order valence-electron chi connectivity index (χ1n) is 7.88. The first-order valence-corrected chi connectivity index (χ1v) is 7.88. The second-order valence-electron chi connectivity index (χ2n) is 6.80. The van der Waals surface area contributed by atoms with E-state index in [1.165, 1.54) is 11.1 Å². The van der Waals surface area contributed by atoms with Gasteiger partial charge >= 0.3 is 6.03 Å². The summed E-state index contributed by atoms with van der Waals surface area (Å²) in [7, 11) is 0. The fourth-order valence-electron chi connectivity index (χ4n) is 3.18. The normalized spacial score (nSPS) is 16.1. The number of rotatable bonds is 2. The number of aryl methyl sites for hydroxylation is 1. The molecule has 0 atom stereocenters. The highest BCUT2D eigenvalue weighted by atomic mass is 16.2. The Morgan fingerprint density at radius 3 is 2.30 bits per heavy atom. The van der Waals surface area contributed by atoms with Crippen molar-refractivity contribution in [1.29, 1.82) is 0 Å². The second kappa shape index (κ2) is 5.61. The predicted molar refractivity (Wildman–Crippen MR) is 94.8 cm³/mol. The molecule has 0 saturated heterocycles. The number of nitrogens with two attached hydrogens (primary N) is 1. The lowest BCUT2D eigenvalue weighted by atomic mass is 9.95. The van der Waals surface area contributed by atoms with Gasteiger partial charge in [0.1, 0.15) is 0 Å².